The molecular weight excluding hydrogens is 412 g/mol. The van der Waals surface area contributed by atoms with Crippen LogP contribution in [0.4, 0.5) is 11.4 Å². The van der Waals surface area contributed by atoms with Gasteiger partial charge in [-0.25, -0.2) is 8.42 Å². The molecule has 1 amide bonds. The van der Waals surface area contributed by atoms with Gasteiger partial charge in [-0.05, 0) is 68.8 Å². The topological polar surface area (TPSA) is 75.7 Å². The third-order valence-electron chi connectivity index (χ3n) is 4.89. The molecule has 0 spiro atoms. The van der Waals surface area contributed by atoms with Gasteiger partial charge in [-0.2, -0.15) is 0 Å². The summed E-state index contributed by atoms with van der Waals surface area (Å²) in [6, 6.07) is 18.9. The van der Waals surface area contributed by atoms with E-state index < -0.39 is 15.9 Å². The number of hydrogen-bond acceptors (Lipinski definition) is 4. The molecule has 0 aliphatic heterocycles. The number of carbonyl (C=O) groups is 1. The predicted molar refractivity (Wildman–Crippen MR) is 123 cm³/mol. The lowest BCUT2D eigenvalue weighted by Crippen LogP contribution is -2.38. The summed E-state index contributed by atoms with van der Waals surface area (Å²) in [7, 11) is -2.39. The molecule has 0 saturated carbocycles. The minimum absolute atomic E-state index is 0.135. The van der Waals surface area contributed by atoms with Crippen molar-refractivity contribution in [1.82, 2.24) is 0 Å². The number of anilines is 2. The molecular formula is C24H26N2O4S. The van der Waals surface area contributed by atoms with Crippen LogP contribution in [0.2, 0.25) is 0 Å². The Labute approximate surface area is 183 Å². The predicted octanol–water partition coefficient (Wildman–Crippen LogP) is 4.45. The van der Waals surface area contributed by atoms with Crippen LogP contribution in [-0.4, -0.2) is 28.0 Å². The van der Waals surface area contributed by atoms with E-state index in [0.717, 1.165) is 21.0 Å². The first-order valence-electron chi connectivity index (χ1n) is 9.81. The molecule has 0 aliphatic rings. The fourth-order valence-corrected chi connectivity index (χ4v) is 4.71. The lowest BCUT2D eigenvalue weighted by Gasteiger charge is -2.26. The Kier molecular flexibility index (Phi) is 6.65. The minimum Gasteiger partial charge on any atom is -0.497 e. The van der Waals surface area contributed by atoms with Gasteiger partial charge in [0.25, 0.3) is 10.0 Å². The van der Waals surface area contributed by atoms with Crippen LogP contribution in [0, 0.1) is 20.8 Å². The molecule has 0 radical (unpaired) electrons. The zero-order chi connectivity index (χ0) is 22.6. The molecule has 0 fully saturated rings. The highest BCUT2D eigenvalue weighted by Gasteiger charge is 2.28. The number of sulfonamides is 1. The smallest absolute Gasteiger partial charge is 0.264 e. The van der Waals surface area contributed by atoms with Gasteiger partial charge in [0.1, 0.15) is 12.3 Å². The summed E-state index contributed by atoms with van der Waals surface area (Å²) >= 11 is 0. The van der Waals surface area contributed by atoms with Crippen molar-refractivity contribution in [1.29, 1.82) is 0 Å². The van der Waals surface area contributed by atoms with Crippen molar-refractivity contribution < 1.29 is 17.9 Å². The number of amides is 1. The van der Waals surface area contributed by atoms with Crippen LogP contribution in [0.1, 0.15) is 16.7 Å². The second kappa shape index (κ2) is 9.22. The molecule has 6 nitrogen and oxygen atoms in total. The van der Waals surface area contributed by atoms with Crippen molar-refractivity contribution in [3.05, 3.63) is 83.4 Å². The van der Waals surface area contributed by atoms with Gasteiger partial charge in [0, 0.05) is 5.69 Å². The lowest BCUT2D eigenvalue weighted by atomic mass is 10.1. The summed E-state index contributed by atoms with van der Waals surface area (Å²) in [5.74, 6) is 0.220. The summed E-state index contributed by atoms with van der Waals surface area (Å²) in [5, 5.41) is 2.76. The monoisotopic (exact) mass is 438 g/mol. The summed E-state index contributed by atoms with van der Waals surface area (Å²) in [6.45, 7) is 5.31. The first-order valence-corrected chi connectivity index (χ1v) is 11.3. The van der Waals surface area contributed by atoms with E-state index in [2.05, 4.69) is 5.32 Å². The second-order valence-corrected chi connectivity index (χ2v) is 9.25. The van der Waals surface area contributed by atoms with Crippen LogP contribution in [0.5, 0.6) is 5.75 Å². The number of hydrogen-bond donors (Lipinski definition) is 1. The number of aryl methyl sites for hydroxylation is 3. The zero-order valence-electron chi connectivity index (χ0n) is 18.0. The van der Waals surface area contributed by atoms with Gasteiger partial charge in [0.05, 0.1) is 17.7 Å². The van der Waals surface area contributed by atoms with Crippen LogP contribution in [-0.2, 0) is 14.8 Å². The van der Waals surface area contributed by atoms with E-state index in [0.29, 0.717) is 17.1 Å². The summed E-state index contributed by atoms with van der Waals surface area (Å²) in [4.78, 5) is 12.9. The van der Waals surface area contributed by atoms with E-state index in [1.165, 1.54) is 0 Å². The van der Waals surface area contributed by atoms with Crippen molar-refractivity contribution in [3.63, 3.8) is 0 Å². The van der Waals surface area contributed by atoms with Crippen LogP contribution < -0.4 is 14.4 Å². The summed E-state index contributed by atoms with van der Waals surface area (Å²) in [5.41, 5.74) is 3.76. The summed E-state index contributed by atoms with van der Waals surface area (Å²) < 4.78 is 33.2. The molecule has 162 valence electrons. The normalized spacial score (nSPS) is 11.1. The van der Waals surface area contributed by atoms with Crippen molar-refractivity contribution in [2.24, 2.45) is 0 Å². The Morgan fingerprint density at radius 3 is 2.10 bits per heavy atom. The first kappa shape index (κ1) is 22.4. The molecule has 0 unspecified atom stereocenters. The third kappa shape index (κ3) is 5.24. The molecule has 0 aliphatic carbocycles. The van der Waals surface area contributed by atoms with Gasteiger partial charge in [0.2, 0.25) is 5.91 Å². The maximum atomic E-state index is 13.5. The first-order chi connectivity index (χ1) is 14.7. The Morgan fingerprint density at radius 1 is 0.903 bits per heavy atom. The van der Waals surface area contributed by atoms with E-state index in [1.807, 2.05) is 32.9 Å². The maximum absolute atomic E-state index is 13.5. The average Bonchev–Trinajstić information content (AvgIpc) is 2.73. The number of rotatable bonds is 7. The Bertz CT molecular complexity index is 1170. The van der Waals surface area contributed by atoms with Crippen molar-refractivity contribution in [2.45, 2.75) is 25.7 Å². The van der Waals surface area contributed by atoms with Gasteiger partial charge >= 0.3 is 0 Å². The zero-order valence-corrected chi connectivity index (χ0v) is 18.9. The largest absolute Gasteiger partial charge is 0.497 e. The SMILES string of the molecule is COc1ccc(NC(=O)CN(c2ccc(C)cc2C)S(=O)(=O)c2ccc(C)cc2)cc1. The quantitative estimate of drug-likeness (QED) is 0.591. The third-order valence-corrected chi connectivity index (χ3v) is 6.66. The van der Waals surface area contributed by atoms with Gasteiger partial charge < -0.3 is 10.1 Å². The Hall–Kier alpha value is -3.32. The highest BCUT2D eigenvalue weighted by molar-refractivity contribution is 7.92. The second-order valence-electron chi connectivity index (χ2n) is 7.39. The van der Waals surface area contributed by atoms with E-state index in [-0.39, 0.29) is 11.4 Å². The maximum Gasteiger partial charge on any atom is 0.264 e. The Balaban J connectivity index is 1.95. The molecule has 0 heterocycles. The molecule has 3 aromatic carbocycles. The molecule has 3 rings (SSSR count). The van der Waals surface area contributed by atoms with Crippen LogP contribution in [0.3, 0.4) is 0 Å². The number of nitrogens with one attached hydrogen (secondary N) is 1. The van der Waals surface area contributed by atoms with Crippen molar-refractivity contribution in [2.75, 3.05) is 23.3 Å². The van der Waals surface area contributed by atoms with E-state index in [4.69, 9.17) is 4.74 Å². The number of benzene rings is 3. The van der Waals surface area contributed by atoms with Gasteiger partial charge in [-0.15, -0.1) is 0 Å². The number of ether oxygens (including phenoxy) is 1. The standard InChI is InChI=1S/C24H26N2O4S/c1-17-5-12-22(13-6-17)31(28,29)26(23-14-7-18(2)15-19(23)3)16-24(27)25-20-8-10-21(30-4)11-9-20/h5-15H,16H2,1-4H3,(H,25,27). The number of carbonyl (C=O) groups excluding carboxylic acids is 1. The number of methoxy groups -OCH3 is 1. The van der Waals surface area contributed by atoms with E-state index in [9.17, 15) is 13.2 Å². The fraction of sp³-hybridized carbons (Fsp3) is 0.208. The van der Waals surface area contributed by atoms with Crippen molar-refractivity contribution in [3.8, 4) is 5.75 Å². The molecule has 0 bridgehead atoms. The Morgan fingerprint density at radius 2 is 1.52 bits per heavy atom. The summed E-state index contributed by atoms with van der Waals surface area (Å²) in [6.07, 6.45) is 0. The van der Waals surface area contributed by atoms with E-state index >= 15 is 0 Å². The fourth-order valence-electron chi connectivity index (χ4n) is 3.23. The molecule has 0 atom stereocenters. The molecule has 7 heteroatoms. The van der Waals surface area contributed by atoms with Crippen LogP contribution in [0.15, 0.2) is 71.6 Å². The highest BCUT2D eigenvalue weighted by Crippen LogP contribution is 2.28. The van der Waals surface area contributed by atoms with Crippen LogP contribution >= 0.6 is 0 Å². The number of nitrogens with zero attached hydrogens (tertiary/aromatic N) is 1. The molecule has 1 N–H and O–H groups in total. The van der Waals surface area contributed by atoms with Gasteiger partial charge in [-0.1, -0.05) is 35.4 Å². The van der Waals surface area contributed by atoms with E-state index in [1.54, 1.807) is 61.7 Å². The lowest BCUT2D eigenvalue weighted by molar-refractivity contribution is -0.114. The van der Waals surface area contributed by atoms with Crippen LogP contribution in [0.25, 0.3) is 0 Å². The molecule has 3 aromatic rings. The minimum atomic E-state index is -3.95. The van der Waals surface area contributed by atoms with Gasteiger partial charge in [0.15, 0.2) is 0 Å². The molecule has 0 aromatic heterocycles. The highest BCUT2D eigenvalue weighted by atomic mass is 32.2. The average molecular weight is 439 g/mol. The van der Waals surface area contributed by atoms with Gasteiger partial charge in [-0.3, -0.25) is 9.10 Å². The van der Waals surface area contributed by atoms with Crippen molar-refractivity contribution >= 4 is 27.3 Å². The molecule has 0 saturated heterocycles. The molecule has 31 heavy (non-hydrogen) atoms.